The van der Waals surface area contributed by atoms with Crippen molar-refractivity contribution in [3.8, 4) is 5.75 Å². The number of thiophene rings is 1. The standard InChI is InChI=1S/C16H21NO2S/c1-12-5-3-6-15(9-12)19-11-14(18)10-17-13(2)16-7-4-8-20-16/h3-9,13-14,17-18H,10-11H2,1-2H3/t13-,14?/m1/s1. The molecule has 2 N–H and O–H groups in total. The number of rotatable bonds is 7. The minimum atomic E-state index is -0.516. The highest BCUT2D eigenvalue weighted by atomic mass is 32.1. The van der Waals surface area contributed by atoms with Crippen molar-refractivity contribution in [2.75, 3.05) is 13.2 Å². The van der Waals surface area contributed by atoms with E-state index in [2.05, 4.69) is 23.7 Å². The normalized spacial score (nSPS) is 13.9. The van der Waals surface area contributed by atoms with Crippen molar-refractivity contribution in [3.05, 3.63) is 52.2 Å². The van der Waals surface area contributed by atoms with Crippen LogP contribution in [-0.2, 0) is 0 Å². The molecule has 2 atom stereocenters. The molecule has 0 saturated heterocycles. The Balaban J connectivity index is 1.71. The van der Waals surface area contributed by atoms with E-state index in [0.29, 0.717) is 13.2 Å². The predicted molar refractivity (Wildman–Crippen MR) is 83.4 cm³/mol. The number of aryl methyl sites for hydroxylation is 1. The summed E-state index contributed by atoms with van der Waals surface area (Å²) in [4.78, 5) is 1.27. The summed E-state index contributed by atoms with van der Waals surface area (Å²) in [6.07, 6.45) is -0.516. The summed E-state index contributed by atoms with van der Waals surface area (Å²) >= 11 is 1.72. The average Bonchev–Trinajstić information content (AvgIpc) is 2.97. The van der Waals surface area contributed by atoms with Gasteiger partial charge in [0.25, 0.3) is 0 Å². The molecule has 0 radical (unpaired) electrons. The van der Waals surface area contributed by atoms with Crippen LogP contribution < -0.4 is 10.1 Å². The molecular formula is C16H21NO2S. The van der Waals surface area contributed by atoms with E-state index in [9.17, 15) is 5.11 Å². The Morgan fingerprint density at radius 3 is 2.85 bits per heavy atom. The fourth-order valence-corrected chi connectivity index (χ4v) is 2.67. The Morgan fingerprint density at radius 1 is 1.30 bits per heavy atom. The molecule has 4 heteroatoms. The quantitative estimate of drug-likeness (QED) is 0.823. The lowest BCUT2D eigenvalue weighted by molar-refractivity contribution is 0.104. The van der Waals surface area contributed by atoms with Gasteiger partial charge in [0.05, 0.1) is 0 Å². The monoisotopic (exact) mass is 291 g/mol. The van der Waals surface area contributed by atoms with Crippen LogP contribution in [0.4, 0.5) is 0 Å². The molecule has 1 aromatic heterocycles. The van der Waals surface area contributed by atoms with Crippen LogP contribution in [0.15, 0.2) is 41.8 Å². The largest absolute Gasteiger partial charge is 0.491 e. The molecule has 0 fully saturated rings. The van der Waals surface area contributed by atoms with Crippen LogP contribution in [0.5, 0.6) is 5.75 Å². The maximum absolute atomic E-state index is 9.94. The molecule has 0 saturated carbocycles. The first-order valence-electron chi connectivity index (χ1n) is 6.79. The summed E-state index contributed by atoms with van der Waals surface area (Å²) in [7, 11) is 0. The van der Waals surface area contributed by atoms with Crippen LogP contribution in [-0.4, -0.2) is 24.4 Å². The highest BCUT2D eigenvalue weighted by molar-refractivity contribution is 7.10. The molecule has 1 heterocycles. The SMILES string of the molecule is Cc1cccc(OCC(O)CN[C@H](C)c2cccs2)c1. The third kappa shape index (κ3) is 4.63. The van der Waals surface area contributed by atoms with E-state index < -0.39 is 6.10 Å². The van der Waals surface area contributed by atoms with E-state index in [1.165, 1.54) is 4.88 Å². The molecule has 3 nitrogen and oxygen atoms in total. The first kappa shape index (κ1) is 15.0. The number of aliphatic hydroxyl groups is 1. The van der Waals surface area contributed by atoms with Gasteiger partial charge in [0.1, 0.15) is 18.5 Å². The van der Waals surface area contributed by atoms with Crippen molar-refractivity contribution in [1.29, 1.82) is 0 Å². The van der Waals surface area contributed by atoms with E-state index in [-0.39, 0.29) is 6.04 Å². The van der Waals surface area contributed by atoms with Crippen LogP contribution in [0.3, 0.4) is 0 Å². The van der Waals surface area contributed by atoms with E-state index in [4.69, 9.17) is 4.74 Å². The Morgan fingerprint density at radius 2 is 2.15 bits per heavy atom. The zero-order valence-electron chi connectivity index (χ0n) is 11.9. The first-order chi connectivity index (χ1) is 9.65. The second-order valence-corrected chi connectivity index (χ2v) is 5.91. The van der Waals surface area contributed by atoms with Crippen molar-refractivity contribution < 1.29 is 9.84 Å². The van der Waals surface area contributed by atoms with Crippen LogP contribution in [0.2, 0.25) is 0 Å². The van der Waals surface area contributed by atoms with Gasteiger partial charge in [-0.2, -0.15) is 0 Å². The summed E-state index contributed by atoms with van der Waals surface area (Å²) in [5.74, 6) is 0.801. The molecule has 1 aromatic carbocycles. The summed E-state index contributed by atoms with van der Waals surface area (Å²) in [5.41, 5.74) is 1.15. The molecule has 20 heavy (non-hydrogen) atoms. The molecule has 0 spiro atoms. The van der Waals surface area contributed by atoms with Crippen LogP contribution in [0.1, 0.15) is 23.4 Å². The van der Waals surface area contributed by atoms with Crippen LogP contribution in [0, 0.1) is 6.92 Å². The molecule has 2 aromatic rings. The maximum atomic E-state index is 9.94. The summed E-state index contributed by atoms with van der Waals surface area (Å²) < 4.78 is 5.58. The summed E-state index contributed by atoms with van der Waals surface area (Å²) in [6, 6.07) is 12.2. The number of hydrogen-bond acceptors (Lipinski definition) is 4. The zero-order valence-corrected chi connectivity index (χ0v) is 12.7. The Hall–Kier alpha value is -1.36. The van der Waals surface area contributed by atoms with Crippen LogP contribution in [0.25, 0.3) is 0 Å². The highest BCUT2D eigenvalue weighted by Crippen LogP contribution is 2.18. The van der Waals surface area contributed by atoms with Gasteiger partial charge in [0.15, 0.2) is 0 Å². The van der Waals surface area contributed by atoms with Gasteiger partial charge >= 0.3 is 0 Å². The van der Waals surface area contributed by atoms with Gasteiger partial charge in [-0.25, -0.2) is 0 Å². The van der Waals surface area contributed by atoms with Crippen molar-refractivity contribution in [2.45, 2.75) is 26.0 Å². The van der Waals surface area contributed by atoms with Crippen molar-refractivity contribution in [3.63, 3.8) is 0 Å². The van der Waals surface area contributed by atoms with E-state index in [1.54, 1.807) is 11.3 Å². The lowest BCUT2D eigenvalue weighted by Crippen LogP contribution is -2.32. The van der Waals surface area contributed by atoms with Gasteiger partial charge < -0.3 is 15.2 Å². The molecule has 1 unspecified atom stereocenters. The Bertz CT molecular complexity index is 513. The Labute approximate surface area is 124 Å². The van der Waals surface area contributed by atoms with Gasteiger partial charge in [-0.3, -0.25) is 0 Å². The minimum absolute atomic E-state index is 0.253. The average molecular weight is 291 g/mol. The number of aliphatic hydroxyl groups excluding tert-OH is 1. The predicted octanol–water partition coefficient (Wildman–Crippen LogP) is 3.15. The molecule has 108 valence electrons. The van der Waals surface area contributed by atoms with Crippen molar-refractivity contribution >= 4 is 11.3 Å². The fourth-order valence-electron chi connectivity index (χ4n) is 1.91. The third-order valence-corrected chi connectivity index (χ3v) is 4.12. The minimum Gasteiger partial charge on any atom is -0.491 e. The lowest BCUT2D eigenvalue weighted by atomic mass is 10.2. The zero-order chi connectivity index (χ0) is 14.4. The van der Waals surface area contributed by atoms with Gasteiger partial charge in [0.2, 0.25) is 0 Å². The van der Waals surface area contributed by atoms with Crippen molar-refractivity contribution in [2.24, 2.45) is 0 Å². The molecule has 0 aliphatic heterocycles. The Kier molecular flexibility index (Phi) is 5.59. The number of hydrogen-bond donors (Lipinski definition) is 2. The highest BCUT2D eigenvalue weighted by Gasteiger charge is 2.10. The maximum Gasteiger partial charge on any atom is 0.119 e. The van der Waals surface area contributed by atoms with E-state index in [0.717, 1.165) is 11.3 Å². The third-order valence-electron chi connectivity index (χ3n) is 3.06. The molecule has 0 bridgehead atoms. The summed E-state index contributed by atoms with van der Waals surface area (Å²) in [5, 5.41) is 15.3. The molecule has 0 aliphatic rings. The second-order valence-electron chi connectivity index (χ2n) is 4.93. The molecular weight excluding hydrogens is 270 g/mol. The molecule has 0 amide bonds. The smallest absolute Gasteiger partial charge is 0.119 e. The lowest BCUT2D eigenvalue weighted by Gasteiger charge is -2.17. The van der Waals surface area contributed by atoms with Gasteiger partial charge in [-0.1, -0.05) is 18.2 Å². The number of ether oxygens (including phenoxy) is 1. The molecule has 0 aliphatic carbocycles. The summed E-state index contributed by atoms with van der Waals surface area (Å²) in [6.45, 7) is 4.94. The fraction of sp³-hybridized carbons (Fsp3) is 0.375. The molecule has 2 rings (SSSR count). The van der Waals surface area contributed by atoms with E-state index in [1.807, 2.05) is 37.3 Å². The van der Waals surface area contributed by atoms with E-state index >= 15 is 0 Å². The second kappa shape index (κ2) is 7.43. The van der Waals surface area contributed by atoms with Gasteiger partial charge in [-0.15, -0.1) is 11.3 Å². The van der Waals surface area contributed by atoms with Gasteiger partial charge in [0, 0.05) is 17.5 Å². The number of benzene rings is 1. The first-order valence-corrected chi connectivity index (χ1v) is 7.67. The number of nitrogens with one attached hydrogen (secondary N) is 1. The van der Waals surface area contributed by atoms with Gasteiger partial charge in [-0.05, 0) is 43.0 Å². The van der Waals surface area contributed by atoms with Crippen LogP contribution >= 0.6 is 11.3 Å². The topological polar surface area (TPSA) is 41.5 Å². The van der Waals surface area contributed by atoms with Crippen molar-refractivity contribution in [1.82, 2.24) is 5.32 Å².